The smallest absolute Gasteiger partial charge is 0.309 e. The molecule has 2 bridgehead atoms. The highest BCUT2D eigenvalue weighted by Crippen LogP contribution is 2.62. The van der Waals surface area contributed by atoms with Crippen LogP contribution in [-0.2, 0) is 28.7 Å². The molecule has 0 amide bonds. The Morgan fingerprint density at radius 3 is 1.61 bits per heavy atom. The third kappa shape index (κ3) is 4.89. The maximum absolute atomic E-state index is 12.7. The van der Waals surface area contributed by atoms with Crippen LogP contribution in [0.3, 0.4) is 0 Å². The van der Waals surface area contributed by atoms with Gasteiger partial charge in [0, 0.05) is 0 Å². The summed E-state index contributed by atoms with van der Waals surface area (Å²) in [4.78, 5) is 48.6. The van der Waals surface area contributed by atoms with Gasteiger partial charge in [0.25, 0.3) is 0 Å². The van der Waals surface area contributed by atoms with Gasteiger partial charge in [0.15, 0.2) is 0 Å². The van der Waals surface area contributed by atoms with Crippen LogP contribution in [0.5, 0.6) is 0 Å². The van der Waals surface area contributed by atoms with Crippen LogP contribution >= 0.6 is 0 Å². The summed E-state index contributed by atoms with van der Waals surface area (Å²) < 4.78 is 11.5. The Hall–Kier alpha value is -2.12. The minimum absolute atomic E-state index is 0.333. The Morgan fingerprint density at radius 1 is 0.583 bits per heavy atom. The van der Waals surface area contributed by atoms with Gasteiger partial charge in [-0.05, 0) is 86.9 Å². The van der Waals surface area contributed by atoms with Crippen molar-refractivity contribution in [3.8, 4) is 0 Å². The van der Waals surface area contributed by atoms with Crippen molar-refractivity contribution in [1.82, 2.24) is 0 Å². The Balaban J connectivity index is 1.11. The zero-order valence-electron chi connectivity index (χ0n) is 21.0. The largest absolute Gasteiger partial charge is 0.481 e. The van der Waals surface area contributed by atoms with Crippen molar-refractivity contribution in [1.29, 1.82) is 0 Å². The van der Waals surface area contributed by atoms with Crippen LogP contribution in [0.2, 0.25) is 0 Å². The first-order valence-electron chi connectivity index (χ1n) is 14.1. The summed E-state index contributed by atoms with van der Waals surface area (Å²) in [6.07, 6.45) is 10.1. The van der Waals surface area contributed by atoms with E-state index in [9.17, 15) is 29.4 Å². The molecule has 5 saturated carbocycles. The third-order valence-corrected chi connectivity index (χ3v) is 10.4. The van der Waals surface area contributed by atoms with Crippen LogP contribution in [0.1, 0.15) is 77.0 Å². The van der Waals surface area contributed by atoms with Gasteiger partial charge in [0.05, 0.1) is 36.9 Å². The topological polar surface area (TPSA) is 127 Å². The summed E-state index contributed by atoms with van der Waals surface area (Å²) >= 11 is 0. The highest BCUT2D eigenvalue weighted by atomic mass is 16.5. The predicted molar refractivity (Wildman–Crippen MR) is 127 cm³/mol. The van der Waals surface area contributed by atoms with Crippen molar-refractivity contribution < 1.29 is 38.9 Å². The van der Waals surface area contributed by atoms with Crippen LogP contribution < -0.4 is 0 Å². The third-order valence-electron chi connectivity index (χ3n) is 10.4. The number of aliphatic carboxylic acids is 2. The number of carbonyl (C=O) groups is 4. The molecule has 36 heavy (non-hydrogen) atoms. The number of esters is 2. The van der Waals surface area contributed by atoms with E-state index in [0.29, 0.717) is 74.4 Å². The number of ether oxygens (including phenoxy) is 2. The Bertz CT molecular complexity index is 870. The average molecular weight is 505 g/mol. The minimum Gasteiger partial charge on any atom is -0.481 e. The highest BCUT2D eigenvalue weighted by molar-refractivity contribution is 5.82. The molecule has 0 aromatic rings. The summed E-state index contributed by atoms with van der Waals surface area (Å²) in [6, 6.07) is 0. The number of carboxylic acid groups (broad SMARTS) is 2. The molecule has 5 fully saturated rings. The number of rotatable bonds is 8. The lowest BCUT2D eigenvalue weighted by Crippen LogP contribution is -2.36. The van der Waals surface area contributed by atoms with Crippen molar-refractivity contribution in [2.75, 3.05) is 13.2 Å². The van der Waals surface area contributed by atoms with E-state index in [1.807, 2.05) is 0 Å². The first-order valence-corrected chi connectivity index (χ1v) is 14.1. The number of carboxylic acids is 2. The van der Waals surface area contributed by atoms with E-state index in [4.69, 9.17) is 9.47 Å². The molecule has 0 spiro atoms. The Labute approximate surface area is 212 Å². The van der Waals surface area contributed by atoms with Gasteiger partial charge in [-0.3, -0.25) is 19.2 Å². The molecule has 200 valence electrons. The lowest BCUT2D eigenvalue weighted by atomic mass is 9.73. The second-order valence-corrected chi connectivity index (χ2v) is 12.2. The average Bonchev–Trinajstić information content (AvgIpc) is 3.58. The molecule has 5 rings (SSSR count). The molecule has 10 unspecified atom stereocenters. The number of carbonyl (C=O) groups excluding carboxylic acids is 2. The normalized spacial score (nSPS) is 41.4. The van der Waals surface area contributed by atoms with Crippen molar-refractivity contribution in [3.05, 3.63) is 0 Å². The fraction of sp³-hybridized carbons (Fsp3) is 0.857. The van der Waals surface area contributed by atoms with Crippen molar-refractivity contribution >= 4 is 23.9 Å². The quantitative estimate of drug-likeness (QED) is 0.472. The number of hydrogen-bond donors (Lipinski definition) is 2. The molecular formula is C28H40O8. The van der Waals surface area contributed by atoms with Gasteiger partial charge in [-0.2, -0.15) is 0 Å². The van der Waals surface area contributed by atoms with Gasteiger partial charge in [-0.15, -0.1) is 0 Å². The standard InChI is InChI=1S/C28H40O8/c29-25(30)19-5-1-3-7-21(19)27(33)35-13-15-9-10-18-23-12-16(24(15)18)11-17(23)14-36-28(34)22-8-4-2-6-20(22)26(31)32/h15-24H,1-14H2,(H,29,30)(H,31,32). The molecule has 2 N–H and O–H groups in total. The predicted octanol–water partition coefficient (Wildman–Crippen LogP) is 4.15. The molecule has 10 atom stereocenters. The van der Waals surface area contributed by atoms with E-state index < -0.39 is 35.6 Å². The molecule has 0 heterocycles. The van der Waals surface area contributed by atoms with E-state index >= 15 is 0 Å². The zero-order chi connectivity index (χ0) is 25.4. The molecule has 8 nitrogen and oxygen atoms in total. The lowest BCUT2D eigenvalue weighted by Gasteiger charge is -2.34. The van der Waals surface area contributed by atoms with Gasteiger partial charge in [-0.25, -0.2) is 0 Å². The second kappa shape index (κ2) is 10.7. The summed E-state index contributed by atoms with van der Waals surface area (Å²) in [6.45, 7) is 0.786. The Kier molecular flexibility index (Phi) is 7.59. The van der Waals surface area contributed by atoms with Gasteiger partial charge in [0.2, 0.25) is 0 Å². The van der Waals surface area contributed by atoms with E-state index in [-0.39, 0.29) is 11.9 Å². The molecule has 0 aromatic heterocycles. The maximum atomic E-state index is 12.7. The zero-order valence-corrected chi connectivity index (χ0v) is 21.0. The summed E-state index contributed by atoms with van der Waals surface area (Å²) in [5, 5.41) is 19.0. The fourth-order valence-corrected chi connectivity index (χ4v) is 8.81. The van der Waals surface area contributed by atoms with E-state index in [1.165, 1.54) is 0 Å². The first kappa shape index (κ1) is 25.5. The molecule has 5 aliphatic rings. The second-order valence-electron chi connectivity index (χ2n) is 12.2. The lowest BCUT2D eigenvalue weighted by molar-refractivity contribution is -0.161. The molecular weight excluding hydrogens is 464 g/mol. The van der Waals surface area contributed by atoms with Crippen LogP contribution in [-0.4, -0.2) is 47.3 Å². The van der Waals surface area contributed by atoms with Crippen LogP contribution in [0.4, 0.5) is 0 Å². The monoisotopic (exact) mass is 504 g/mol. The molecule has 0 aliphatic heterocycles. The molecule has 0 radical (unpaired) electrons. The fourth-order valence-electron chi connectivity index (χ4n) is 8.81. The van der Waals surface area contributed by atoms with Crippen molar-refractivity contribution in [2.24, 2.45) is 59.2 Å². The Morgan fingerprint density at radius 2 is 1.08 bits per heavy atom. The molecule has 0 saturated heterocycles. The van der Waals surface area contributed by atoms with Crippen molar-refractivity contribution in [3.63, 3.8) is 0 Å². The van der Waals surface area contributed by atoms with Crippen molar-refractivity contribution in [2.45, 2.75) is 77.0 Å². The maximum Gasteiger partial charge on any atom is 0.309 e. The number of fused-ring (bicyclic) bond motifs is 5. The van der Waals surface area contributed by atoms with Crippen LogP contribution in [0.15, 0.2) is 0 Å². The SMILES string of the molecule is O=C(O)C1CCCCC1C(=O)OCC1CC2CC1C1CCC(COC(=O)C3CCCCC3C(=O)O)C21. The summed E-state index contributed by atoms with van der Waals surface area (Å²) in [5.41, 5.74) is 0. The van der Waals surface area contributed by atoms with Gasteiger partial charge < -0.3 is 19.7 Å². The summed E-state index contributed by atoms with van der Waals surface area (Å²) in [7, 11) is 0. The van der Waals surface area contributed by atoms with Crippen LogP contribution in [0, 0.1) is 59.2 Å². The molecule has 5 aliphatic carbocycles. The van der Waals surface area contributed by atoms with Crippen LogP contribution in [0.25, 0.3) is 0 Å². The van der Waals surface area contributed by atoms with Gasteiger partial charge in [0.1, 0.15) is 0 Å². The minimum atomic E-state index is -0.890. The van der Waals surface area contributed by atoms with Gasteiger partial charge >= 0.3 is 23.9 Å². The van der Waals surface area contributed by atoms with E-state index in [0.717, 1.165) is 51.4 Å². The van der Waals surface area contributed by atoms with E-state index in [1.54, 1.807) is 0 Å². The first-order chi connectivity index (χ1) is 17.3. The van der Waals surface area contributed by atoms with E-state index in [2.05, 4.69) is 0 Å². The van der Waals surface area contributed by atoms with Gasteiger partial charge in [-0.1, -0.05) is 25.7 Å². The molecule has 8 heteroatoms. The molecule has 0 aromatic carbocycles. The highest BCUT2D eigenvalue weighted by Gasteiger charge is 2.57. The summed E-state index contributed by atoms with van der Waals surface area (Å²) in [5.74, 6) is -1.86. The number of hydrogen-bond acceptors (Lipinski definition) is 6.